The summed E-state index contributed by atoms with van der Waals surface area (Å²) in [6.07, 6.45) is 7.06. The fraction of sp³-hybridized carbons (Fsp3) is 0.500. The summed E-state index contributed by atoms with van der Waals surface area (Å²) in [5, 5.41) is 0. The number of rotatable bonds is 6. The SMILES string of the molecule is COC(=O)CCCCN1C[C@@H]2C[C@H](C1)c1cc(-c3cccnc3)cc(=O)n1C2. The first-order valence-corrected chi connectivity index (χ1v) is 10.1. The van der Waals surface area contributed by atoms with E-state index in [1.165, 1.54) is 7.11 Å². The number of hydrogen-bond acceptors (Lipinski definition) is 5. The van der Waals surface area contributed by atoms with Crippen LogP contribution < -0.4 is 5.56 Å². The van der Waals surface area contributed by atoms with Crippen LogP contribution in [0.15, 0.2) is 41.5 Å². The molecule has 2 aliphatic rings. The highest BCUT2D eigenvalue weighted by Gasteiger charge is 2.34. The molecule has 2 aliphatic heterocycles. The molecule has 148 valence electrons. The lowest BCUT2D eigenvalue weighted by Gasteiger charge is -2.43. The van der Waals surface area contributed by atoms with Crippen LogP contribution in [0.5, 0.6) is 0 Å². The van der Waals surface area contributed by atoms with E-state index in [4.69, 9.17) is 4.74 Å². The number of piperidine rings is 1. The van der Waals surface area contributed by atoms with Gasteiger partial charge in [-0.2, -0.15) is 0 Å². The van der Waals surface area contributed by atoms with Gasteiger partial charge >= 0.3 is 5.97 Å². The molecule has 2 aromatic rings. The van der Waals surface area contributed by atoms with Crippen molar-refractivity contribution in [1.29, 1.82) is 0 Å². The average Bonchev–Trinajstić information content (AvgIpc) is 2.72. The highest BCUT2D eigenvalue weighted by molar-refractivity contribution is 5.69. The predicted octanol–water partition coefficient (Wildman–Crippen LogP) is 2.67. The summed E-state index contributed by atoms with van der Waals surface area (Å²) in [6.45, 7) is 3.81. The number of methoxy groups -OCH3 is 1. The highest BCUT2D eigenvalue weighted by Crippen LogP contribution is 2.36. The largest absolute Gasteiger partial charge is 0.469 e. The molecule has 4 heterocycles. The van der Waals surface area contributed by atoms with Crippen molar-refractivity contribution in [3.8, 4) is 11.1 Å². The second-order valence-corrected chi connectivity index (χ2v) is 7.95. The Hall–Kier alpha value is -2.47. The summed E-state index contributed by atoms with van der Waals surface area (Å²) in [5.74, 6) is 0.776. The molecule has 0 saturated carbocycles. The van der Waals surface area contributed by atoms with Crippen molar-refractivity contribution in [2.24, 2.45) is 5.92 Å². The lowest BCUT2D eigenvalue weighted by molar-refractivity contribution is -0.140. The molecule has 4 rings (SSSR count). The normalized spacial score (nSPS) is 21.2. The molecule has 0 unspecified atom stereocenters. The van der Waals surface area contributed by atoms with Gasteiger partial charge in [-0.3, -0.25) is 14.6 Å². The lowest BCUT2D eigenvalue weighted by atomic mass is 9.82. The number of pyridine rings is 2. The smallest absolute Gasteiger partial charge is 0.305 e. The van der Waals surface area contributed by atoms with Crippen molar-refractivity contribution in [2.75, 3.05) is 26.7 Å². The average molecular weight is 381 g/mol. The minimum absolute atomic E-state index is 0.0950. The first-order chi connectivity index (χ1) is 13.6. The third-order valence-corrected chi connectivity index (χ3v) is 5.96. The number of carbonyl (C=O) groups is 1. The van der Waals surface area contributed by atoms with Crippen LogP contribution in [0.25, 0.3) is 11.1 Å². The van der Waals surface area contributed by atoms with Gasteiger partial charge in [0.1, 0.15) is 0 Å². The Kier molecular flexibility index (Phi) is 5.57. The predicted molar refractivity (Wildman–Crippen MR) is 107 cm³/mol. The Bertz CT molecular complexity index is 894. The standard InChI is InChI=1S/C22H27N3O3/c1-28-22(27)6-2-3-8-24-13-16-9-19(15-24)20-10-18(11-21(26)25(20)14-16)17-5-4-7-23-12-17/h4-5,7,10-12,16,19H,2-3,6,8-9,13-15H2,1H3/t16-,19+/m0/s1. The van der Waals surface area contributed by atoms with Crippen LogP contribution in [-0.4, -0.2) is 47.2 Å². The van der Waals surface area contributed by atoms with Crippen molar-refractivity contribution < 1.29 is 9.53 Å². The number of nitrogens with zero attached hydrogens (tertiary/aromatic N) is 3. The zero-order valence-corrected chi connectivity index (χ0v) is 16.3. The van der Waals surface area contributed by atoms with Gasteiger partial charge < -0.3 is 14.2 Å². The minimum Gasteiger partial charge on any atom is -0.469 e. The number of ether oxygens (including phenoxy) is 1. The molecule has 0 amide bonds. The topological polar surface area (TPSA) is 64.4 Å². The maximum absolute atomic E-state index is 12.8. The zero-order valence-electron chi connectivity index (χ0n) is 16.3. The number of unbranched alkanes of at least 4 members (excludes halogenated alkanes) is 1. The van der Waals surface area contributed by atoms with E-state index in [2.05, 4.69) is 16.0 Å². The van der Waals surface area contributed by atoms with Gasteiger partial charge in [0.2, 0.25) is 0 Å². The molecule has 1 fully saturated rings. The Morgan fingerprint density at radius 3 is 2.89 bits per heavy atom. The van der Waals surface area contributed by atoms with Gasteiger partial charge in [0.05, 0.1) is 7.11 Å². The number of fused-ring (bicyclic) bond motifs is 4. The van der Waals surface area contributed by atoms with Gasteiger partial charge in [0.25, 0.3) is 5.56 Å². The second kappa shape index (κ2) is 8.27. The summed E-state index contributed by atoms with van der Waals surface area (Å²) >= 11 is 0. The minimum atomic E-state index is -0.133. The molecule has 2 bridgehead atoms. The lowest BCUT2D eigenvalue weighted by Crippen LogP contribution is -2.47. The van der Waals surface area contributed by atoms with Crippen molar-refractivity contribution >= 4 is 5.97 Å². The van der Waals surface area contributed by atoms with Crippen LogP contribution in [0.1, 0.15) is 37.3 Å². The van der Waals surface area contributed by atoms with E-state index in [1.807, 2.05) is 22.9 Å². The molecule has 6 heteroatoms. The fourth-order valence-electron chi connectivity index (χ4n) is 4.65. The fourth-order valence-corrected chi connectivity index (χ4v) is 4.65. The first-order valence-electron chi connectivity index (χ1n) is 10.1. The van der Waals surface area contributed by atoms with Gasteiger partial charge in [-0.1, -0.05) is 6.07 Å². The number of aromatic nitrogens is 2. The van der Waals surface area contributed by atoms with Gasteiger partial charge in [0.15, 0.2) is 0 Å². The van der Waals surface area contributed by atoms with Crippen LogP contribution in [0.4, 0.5) is 0 Å². The van der Waals surface area contributed by atoms with Crippen molar-refractivity contribution in [1.82, 2.24) is 14.5 Å². The van der Waals surface area contributed by atoms with Gasteiger partial charge in [0, 0.05) is 61.7 Å². The summed E-state index contributed by atoms with van der Waals surface area (Å²) in [4.78, 5) is 30.7. The second-order valence-electron chi connectivity index (χ2n) is 7.95. The molecule has 2 atom stereocenters. The Morgan fingerprint density at radius 2 is 2.11 bits per heavy atom. The van der Waals surface area contributed by atoms with Crippen LogP contribution >= 0.6 is 0 Å². The monoisotopic (exact) mass is 381 g/mol. The molecule has 1 saturated heterocycles. The molecule has 6 nitrogen and oxygen atoms in total. The molecular weight excluding hydrogens is 354 g/mol. The van der Waals surface area contributed by atoms with Crippen molar-refractivity contribution in [3.05, 3.63) is 52.7 Å². The molecule has 0 aliphatic carbocycles. The quantitative estimate of drug-likeness (QED) is 0.569. The molecule has 0 spiro atoms. The summed E-state index contributed by atoms with van der Waals surface area (Å²) < 4.78 is 6.69. The Balaban J connectivity index is 1.48. The Morgan fingerprint density at radius 1 is 1.21 bits per heavy atom. The van der Waals surface area contributed by atoms with E-state index in [9.17, 15) is 9.59 Å². The van der Waals surface area contributed by atoms with Gasteiger partial charge in [-0.05, 0) is 49.4 Å². The van der Waals surface area contributed by atoms with Crippen LogP contribution in [0, 0.1) is 5.92 Å². The highest BCUT2D eigenvalue weighted by atomic mass is 16.5. The van der Waals surface area contributed by atoms with E-state index in [0.717, 1.165) is 62.3 Å². The van der Waals surface area contributed by atoms with Gasteiger partial charge in [-0.15, -0.1) is 0 Å². The van der Waals surface area contributed by atoms with Crippen LogP contribution in [0.2, 0.25) is 0 Å². The van der Waals surface area contributed by atoms with Gasteiger partial charge in [-0.25, -0.2) is 0 Å². The van der Waals surface area contributed by atoms with Crippen LogP contribution in [-0.2, 0) is 16.1 Å². The maximum Gasteiger partial charge on any atom is 0.305 e. The third-order valence-electron chi connectivity index (χ3n) is 5.96. The first kappa shape index (κ1) is 18.9. The molecule has 2 aromatic heterocycles. The summed E-state index contributed by atoms with van der Waals surface area (Å²) in [6, 6.07) is 7.82. The third kappa shape index (κ3) is 4.02. The van der Waals surface area contributed by atoms with E-state index >= 15 is 0 Å². The van der Waals surface area contributed by atoms with Crippen molar-refractivity contribution in [3.63, 3.8) is 0 Å². The summed E-state index contributed by atoms with van der Waals surface area (Å²) in [5.41, 5.74) is 3.19. The summed E-state index contributed by atoms with van der Waals surface area (Å²) in [7, 11) is 1.44. The van der Waals surface area contributed by atoms with E-state index in [1.54, 1.807) is 12.3 Å². The zero-order chi connectivity index (χ0) is 19.5. The Labute approximate surface area is 165 Å². The van der Waals surface area contributed by atoms with E-state index < -0.39 is 0 Å². The molecule has 0 N–H and O–H groups in total. The van der Waals surface area contributed by atoms with E-state index in [-0.39, 0.29) is 11.5 Å². The molecule has 28 heavy (non-hydrogen) atoms. The van der Waals surface area contributed by atoms with Crippen molar-refractivity contribution in [2.45, 2.75) is 38.1 Å². The molecule has 0 radical (unpaired) electrons. The van der Waals surface area contributed by atoms with Crippen LogP contribution in [0.3, 0.4) is 0 Å². The molecule has 0 aromatic carbocycles. The maximum atomic E-state index is 12.8. The molecular formula is C22H27N3O3. The van der Waals surface area contributed by atoms with E-state index in [0.29, 0.717) is 18.3 Å². The number of esters is 1. The number of hydrogen-bond donors (Lipinski definition) is 0. The number of likely N-dealkylation sites (tertiary alicyclic amines) is 1. The number of carbonyl (C=O) groups excluding carboxylic acids is 1.